The zero-order chi connectivity index (χ0) is 21.5. The number of nitrogens with zero attached hydrogens (tertiary/aromatic N) is 4. The van der Waals surface area contributed by atoms with Gasteiger partial charge in [0.15, 0.2) is 0 Å². The van der Waals surface area contributed by atoms with E-state index >= 15 is 0 Å². The standard InChI is InChI=1S/C21H25N5O3S/c1-4-26(5-2)12-11-25(3)20-22-15(13-17-19(27)24-21(28)30-17)14-18(23-20)29-16-9-7-6-8-10-16/h6-10,13-14H,4-5,11-12H2,1-3H3,(H,24,27,28). The molecule has 0 atom stereocenters. The maximum atomic E-state index is 11.9. The molecule has 1 aliphatic heterocycles. The van der Waals surface area contributed by atoms with Crippen LogP contribution in [0.15, 0.2) is 41.3 Å². The molecule has 1 fully saturated rings. The molecule has 9 heteroatoms. The van der Waals surface area contributed by atoms with Gasteiger partial charge in [0, 0.05) is 26.2 Å². The average Bonchev–Trinajstić information content (AvgIpc) is 3.05. The van der Waals surface area contributed by atoms with E-state index in [1.165, 1.54) is 0 Å². The van der Waals surface area contributed by atoms with Gasteiger partial charge < -0.3 is 14.5 Å². The lowest BCUT2D eigenvalue weighted by atomic mass is 10.3. The summed E-state index contributed by atoms with van der Waals surface area (Å²) < 4.78 is 5.90. The highest BCUT2D eigenvalue weighted by Gasteiger charge is 2.25. The Balaban J connectivity index is 1.88. The molecule has 8 nitrogen and oxygen atoms in total. The molecule has 1 N–H and O–H groups in total. The first-order chi connectivity index (χ1) is 14.5. The average molecular weight is 428 g/mol. The van der Waals surface area contributed by atoms with Crippen LogP contribution in [0.25, 0.3) is 6.08 Å². The number of nitrogens with one attached hydrogen (secondary N) is 1. The highest BCUT2D eigenvalue weighted by molar-refractivity contribution is 8.18. The minimum absolute atomic E-state index is 0.293. The molecule has 2 aromatic rings. The molecule has 1 aromatic carbocycles. The second kappa shape index (κ2) is 10.2. The van der Waals surface area contributed by atoms with Crippen LogP contribution in [0, 0.1) is 0 Å². The summed E-state index contributed by atoms with van der Waals surface area (Å²) in [6.07, 6.45) is 1.58. The summed E-state index contributed by atoms with van der Waals surface area (Å²) in [5.41, 5.74) is 0.493. The van der Waals surface area contributed by atoms with E-state index in [-0.39, 0.29) is 0 Å². The normalized spacial score (nSPS) is 15.0. The van der Waals surface area contributed by atoms with E-state index < -0.39 is 11.1 Å². The lowest BCUT2D eigenvalue weighted by Crippen LogP contribution is -2.33. The van der Waals surface area contributed by atoms with Gasteiger partial charge in [-0.05, 0) is 43.1 Å². The lowest BCUT2D eigenvalue weighted by Gasteiger charge is -2.23. The molecule has 1 aromatic heterocycles. The Morgan fingerprint density at radius 2 is 1.83 bits per heavy atom. The molecule has 3 rings (SSSR count). The molecule has 0 spiro atoms. The second-order valence-electron chi connectivity index (χ2n) is 6.65. The Hall–Kier alpha value is -2.91. The monoisotopic (exact) mass is 427 g/mol. The van der Waals surface area contributed by atoms with Crippen molar-refractivity contribution in [2.75, 3.05) is 38.1 Å². The van der Waals surface area contributed by atoms with Gasteiger partial charge >= 0.3 is 0 Å². The maximum absolute atomic E-state index is 11.9. The molecule has 158 valence electrons. The second-order valence-corrected chi connectivity index (χ2v) is 7.66. The van der Waals surface area contributed by atoms with Crippen LogP contribution in [-0.4, -0.2) is 59.2 Å². The Bertz CT molecular complexity index is 931. The Morgan fingerprint density at radius 3 is 2.47 bits per heavy atom. The van der Waals surface area contributed by atoms with Crippen LogP contribution in [-0.2, 0) is 4.79 Å². The van der Waals surface area contributed by atoms with Gasteiger partial charge in [-0.1, -0.05) is 32.0 Å². The quantitative estimate of drug-likeness (QED) is 0.610. The highest BCUT2D eigenvalue weighted by atomic mass is 32.2. The molecule has 2 amide bonds. The highest BCUT2D eigenvalue weighted by Crippen LogP contribution is 2.27. The van der Waals surface area contributed by atoms with Crippen LogP contribution in [0.1, 0.15) is 19.5 Å². The summed E-state index contributed by atoms with van der Waals surface area (Å²) >= 11 is 0.853. The molecule has 0 bridgehead atoms. The molecule has 30 heavy (non-hydrogen) atoms. The summed E-state index contributed by atoms with van der Waals surface area (Å²) in [6, 6.07) is 11.0. The molecule has 0 saturated carbocycles. The van der Waals surface area contributed by atoms with E-state index in [1.807, 2.05) is 42.3 Å². The number of benzene rings is 1. The predicted octanol–water partition coefficient (Wildman–Crippen LogP) is 3.37. The third-order valence-electron chi connectivity index (χ3n) is 4.58. The van der Waals surface area contributed by atoms with Crippen molar-refractivity contribution in [1.82, 2.24) is 20.2 Å². The Morgan fingerprint density at radius 1 is 1.10 bits per heavy atom. The number of aromatic nitrogens is 2. The fraction of sp³-hybridized carbons (Fsp3) is 0.333. The fourth-order valence-electron chi connectivity index (χ4n) is 2.82. The van der Waals surface area contributed by atoms with Gasteiger partial charge in [-0.25, -0.2) is 4.98 Å². The number of imide groups is 1. The van der Waals surface area contributed by atoms with E-state index in [1.54, 1.807) is 12.1 Å². The molecule has 0 aliphatic carbocycles. The van der Waals surface area contributed by atoms with Gasteiger partial charge in [-0.15, -0.1) is 0 Å². The van der Waals surface area contributed by atoms with Crippen LogP contribution >= 0.6 is 11.8 Å². The van der Waals surface area contributed by atoms with E-state index in [2.05, 4.69) is 34.0 Å². The topological polar surface area (TPSA) is 87.7 Å². The summed E-state index contributed by atoms with van der Waals surface area (Å²) in [7, 11) is 1.92. The van der Waals surface area contributed by atoms with Gasteiger partial charge in [-0.2, -0.15) is 4.98 Å². The Labute approximate surface area is 180 Å². The van der Waals surface area contributed by atoms with Crippen molar-refractivity contribution in [1.29, 1.82) is 0 Å². The summed E-state index contributed by atoms with van der Waals surface area (Å²) in [5.74, 6) is 1.07. The number of anilines is 1. The number of likely N-dealkylation sites (N-methyl/N-ethyl adjacent to an activating group) is 2. The fourth-order valence-corrected chi connectivity index (χ4v) is 3.49. The van der Waals surface area contributed by atoms with E-state index in [4.69, 9.17) is 4.74 Å². The largest absolute Gasteiger partial charge is 0.439 e. The van der Waals surface area contributed by atoms with Crippen LogP contribution in [0.3, 0.4) is 0 Å². The number of rotatable bonds is 9. The smallest absolute Gasteiger partial charge is 0.290 e. The lowest BCUT2D eigenvalue weighted by molar-refractivity contribution is -0.115. The van der Waals surface area contributed by atoms with Crippen LogP contribution in [0.2, 0.25) is 0 Å². The number of para-hydroxylation sites is 1. The SMILES string of the molecule is CCN(CC)CCN(C)c1nc(C=C2SC(=O)NC2=O)cc(Oc2ccccc2)n1. The molecule has 1 aliphatic rings. The first kappa shape index (κ1) is 21.8. The minimum atomic E-state index is -0.425. The molecule has 1 saturated heterocycles. The number of ether oxygens (including phenoxy) is 1. The number of carbonyl (C=O) groups is 2. The number of carbonyl (C=O) groups excluding carboxylic acids is 2. The van der Waals surface area contributed by atoms with E-state index in [9.17, 15) is 9.59 Å². The first-order valence-electron chi connectivity index (χ1n) is 9.78. The summed E-state index contributed by atoms with van der Waals surface area (Å²) in [5, 5.41) is 1.86. The van der Waals surface area contributed by atoms with E-state index in [0.717, 1.165) is 37.9 Å². The van der Waals surface area contributed by atoms with Crippen molar-refractivity contribution < 1.29 is 14.3 Å². The van der Waals surface area contributed by atoms with Crippen LogP contribution < -0.4 is 15.0 Å². The molecular formula is C21H25N5O3S. The summed E-state index contributed by atoms with van der Waals surface area (Å²) in [4.78, 5) is 37.0. The van der Waals surface area contributed by atoms with Gasteiger partial charge in [0.25, 0.3) is 11.1 Å². The molecule has 2 heterocycles. The molecule has 0 radical (unpaired) electrons. The number of hydrogen-bond donors (Lipinski definition) is 1. The van der Waals surface area contributed by atoms with E-state index in [0.29, 0.717) is 28.2 Å². The zero-order valence-electron chi connectivity index (χ0n) is 17.3. The van der Waals surface area contributed by atoms with Gasteiger partial charge in [0.2, 0.25) is 11.8 Å². The van der Waals surface area contributed by atoms with Crippen LogP contribution in [0.5, 0.6) is 11.6 Å². The van der Waals surface area contributed by atoms with Gasteiger partial charge in [-0.3, -0.25) is 14.9 Å². The molecular weight excluding hydrogens is 402 g/mol. The number of thioether (sulfide) groups is 1. The third kappa shape index (κ3) is 5.80. The minimum Gasteiger partial charge on any atom is -0.439 e. The van der Waals surface area contributed by atoms with Crippen molar-refractivity contribution in [3.8, 4) is 11.6 Å². The van der Waals surface area contributed by atoms with Gasteiger partial charge in [0.05, 0.1) is 10.6 Å². The number of hydrogen-bond acceptors (Lipinski definition) is 8. The van der Waals surface area contributed by atoms with Crippen molar-refractivity contribution in [2.45, 2.75) is 13.8 Å². The predicted molar refractivity (Wildman–Crippen MR) is 119 cm³/mol. The first-order valence-corrected chi connectivity index (χ1v) is 10.6. The number of amides is 2. The molecule has 0 unspecified atom stereocenters. The summed E-state index contributed by atoms with van der Waals surface area (Å²) in [6.45, 7) is 7.81. The van der Waals surface area contributed by atoms with Crippen molar-refractivity contribution in [2.24, 2.45) is 0 Å². The van der Waals surface area contributed by atoms with Crippen LogP contribution in [0.4, 0.5) is 10.7 Å². The van der Waals surface area contributed by atoms with Crippen molar-refractivity contribution in [3.63, 3.8) is 0 Å². The zero-order valence-corrected chi connectivity index (χ0v) is 18.1. The van der Waals surface area contributed by atoms with Crippen molar-refractivity contribution >= 4 is 34.9 Å². The Kier molecular flexibility index (Phi) is 7.42. The maximum Gasteiger partial charge on any atom is 0.290 e. The third-order valence-corrected chi connectivity index (χ3v) is 5.40. The van der Waals surface area contributed by atoms with Crippen molar-refractivity contribution in [3.05, 3.63) is 47.0 Å². The van der Waals surface area contributed by atoms with Gasteiger partial charge in [0.1, 0.15) is 5.75 Å².